The van der Waals surface area contributed by atoms with Gasteiger partial charge >= 0.3 is 0 Å². The highest BCUT2D eigenvalue weighted by Crippen LogP contribution is 2.40. The van der Waals surface area contributed by atoms with Gasteiger partial charge in [0.05, 0.1) is 12.6 Å². The van der Waals surface area contributed by atoms with E-state index in [0.717, 1.165) is 44.5 Å². The maximum atomic E-state index is 13.0. The number of methoxy groups -OCH3 is 1. The van der Waals surface area contributed by atoms with Crippen molar-refractivity contribution in [3.63, 3.8) is 0 Å². The van der Waals surface area contributed by atoms with E-state index in [4.69, 9.17) is 9.47 Å². The molecule has 1 saturated carbocycles. The van der Waals surface area contributed by atoms with Crippen molar-refractivity contribution in [3.8, 4) is 5.75 Å². The highest BCUT2D eigenvalue weighted by atomic mass is 32.1. The van der Waals surface area contributed by atoms with E-state index in [0.29, 0.717) is 19.1 Å². The smallest absolute Gasteiger partial charge is 0.226 e. The molecule has 2 atom stereocenters. The van der Waals surface area contributed by atoms with Gasteiger partial charge in [0.1, 0.15) is 12.4 Å². The minimum atomic E-state index is 0.141. The van der Waals surface area contributed by atoms with Gasteiger partial charge < -0.3 is 19.7 Å². The summed E-state index contributed by atoms with van der Waals surface area (Å²) < 4.78 is 10.7. The Balaban J connectivity index is 1.42. The number of nitrogens with one attached hydrogen (secondary N) is 1. The van der Waals surface area contributed by atoms with E-state index in [1.807, 2.05) is 23.5 Å². The SMILES string of the molecule is COCCOc1ccc(CN[C@@H]2CCCN(C(=O)C3CC3)[C@H]2c2ccc(C)s2)cc1. The average molecular weight is 429 g/mol. The molecule has 4 rings (SSSR count). The minimum absolute atomic E-state index is 0.141. The van der Waals surface area contributed by atoms with Gasteiger partial charge in [0.15, 0.2) is 0 Å². The molecule has 1 amide bonds. The van der Waals surface area contributed by atoms with Crippen molar-refractivity contribution in [2.75, 3.05) is 26.9 Å². The van der Waals surface area contributed by atoms with Crippen LogP contribution < -0.4 is 10.1 Å². The number of piperidine rings is 1. The monoisotopic (exact) mass is 428 g/mol. The minimum Gasteiger partial charge on any atom is -0.491 e. The molecular formula is C24H32N2O3S. The fourth-order valence-corrected chi connectivity index (χ4v) is 5.24. The van der Waals surface area contributed by atoms with Crippen molar-refractivity contribution in [2.24, 2.45) is 5.92 Å². The summed E-state index contributed by atoms with van der Waals surface area (Å²) in [7, 11) is 1.67. The van der Waals surface area contributed by atoms with Crippen LogP contribution in [0.25, 0.3) is 0 Å². The van der Waals surface area contributed by atoms with Crippen LogP contribution in [0.15, 0.2) is 36.4 Å². The number of benzene rings is 1. The van der Waals surface area contributed by atoms with E-state index in [1.165, 1.54) is 15.3 Å². The first-order valence-corrected chi connectivity index (χ1v) is 11.8. The van der Waals surface area contributed by atoms with Gasteiger partial charge in [-0.2, -0.15) is 0 Å². The van der Waals surface area contributed by atoms with E-state index < -0.39 is 0 Å². The van der Waals surface area contributed by atoms with Crippen LogP contribution in [0.3, 0.4) is 0 Å². The zero-order valence-electron chi connectivity index (χ0n) is 17.9. The highest BCUT2D eigenvalue weighted by Gasteiger charge is 2.41. The third kappa shape index (κ3) is 5.23. The molecule has 1 N–H and O–H groups in total. The lowest BCUT2D eigenvalue weighted by Gasteiger charge is -2.41. The standard InChI is InChI=1S/C24H32N2O3S/c1-17-5-12-22(30-17)23-21(4-3-13-26(23)24(27)19-8-9-19)25-16-18-6-10-20(11-7-18)29-15-14-28-2/h5-7,10-12,19,21,23,25H,3-4,8-9,13-16H2,1-2H3/t21-,23-/m1/s1. The molecule has 2 aliphatic rings. The van der Waals surface area contributed by atoms with Crippen LogP contribution in [0.1, 0.15) is 47.0 Å². The molecule has 0 radical (unpaired) electrons. The number of carbonyl (C=O) groups excluding carboxylic acids is 1. The number of hydrogen-bond acceptors (Lipinski definition) is 5. The molecule has 30 heavy (non-hydrogen) atoms. The molecule has 0 bridgehead atoms. The lowest BCUT2D eigenvalue weighted by atomic mass is 9.93. The van der Waals surface area contributed by atoms with Crippen LogP contribution in [0, 0.1) is 12.8 Å². The van der Waals surface area contributed by atoms with E-state index in [2.05, 4.69) is 41.4 Å². The number of amides is 1. The Morgan fingerprint density at radius 3 is 2.60 bits per heavy atom. The molecule has 5 nitrogen and oxygen atoms in total. The number of rotatable bonds is 9. The molecule has 1 aliphatic carbocycles. The van der Waals surface area contributed by atoms with E-state index in [-0.39, 0.29) is 18.0 Å². The highest BCUT2D eigenvalue weighted by molar-refractivity contribution is 7.12. The summed E-state index contributed by atoms with van der Waals surface area (Å²) in [6.45, 7) is 4.95. The number of hydrogen-bond donors (Lipinski definition) is 1. The molecule has 1 aromatic heterocycles. The molecule has 1 saturated heterocycles. The molecule has 1 aliphatic heterocycles. The Morgan fingerprint density at radius 1 is 1.13 bits per heavy atom. The Bertz CT molecular complexity index is 831. The number of thiophene rings is 1. The largest absolute Gasteiger partial charge is 0.491 e. The Hall–Kier alpha value is -1.89. The topological polar surface area (TPSA) is 50.8 Å². The summed E-state index contributed by atoms with van der Waals surface area (Å²) in [4.78, 5) is 17.8. The maximum absolute atomic E-state index is 13.0. The molecule has 2 fully saturated rings. The van der Waals surface area contributed by atoms with Gasteiger partial charge in [-0.25, -0.2) is 0 Å². The summed E-state index contributed by atoms with van der Waals surface area (Å²) in [6.07, 6.45) is 4.27. The first kappa shape index (κ1) is 21.3. The van der Waals surface area contributed by atoms with Gasteiger partial charge in [0.25, 0.3) is 0 Å². The van der Waals surface area contributed by atoms with Gasteiger partial charge in [-0.1, -0.05) is 12.1 Å². The van der Waals surface area contributed by atoms with Crippen molar-refractivity contribution >= 4 is 17.2 Å². The summed E-state index contributed by atoms with van der Waals surface area (Å²) in [6, 6.07) is 13.0. The first-order chi connectivity index (χ1) is 14.7. The van der Waals surface area contributed by atoms with Crippen LogP contribution in [-0.4, -0.2) is 43.7 Å². The van der Waals surface area contributed by atoms with Crippen LogP contribution >= 0.6 is 11.3 Å². The predicted octanol–water partition coefficient (Wildman–Crippen LogP) is 4.31. The summed E-state index contributed by atoms with van der Waals surface area (Å²) in [5, 5.41) is 3.76. The van der Waals surface area contributed by atoms with Gasteiger partial charge in [-0.3, -0.25) is 4.79 Å². The molecular weight excluding hydrogens is 396 g/mol. The van der Waals surface area contributed by atoms with Crippen molar-refractivity contribution in [1.82, 2.24) is 10.2 Å². The van der Waals surface area contributed by atoms with Gasteiger partial charge in [-0.15, -0.1) is 11.3 Å². The van der Waals surface area contributed by atoms with Crippen LogP contribution in [0.4, 0.5) is 0 Å². The quantitative estimate of drug-likeness (QED) is 0.605. The zero-order chi connectivity index (χ0) is 20.9. The van der Waals surface area contributed by atoms with Crippen molar-refractivity contribution in [2.45, 2.75) is 51.2 Å². The molecule has 0 unspecified atom stereocenters. The molecule has 1 aromatic carbocycles. The average Bonchev–Trinajstić information content (AvgIpc) is 3.53. The number of carbonyl (C=O) groups is 1. The van der Waals surface area contributed by atoms with Gasteiger partial charge in [0.2, 0.25) is 5.91 Å². The van der Waals surface area contributed by atoms with Crippen molar-refractivity contribution < 1.29 is 14.3 Å². The number of ether oxygens (including phenoxy) is 2. The lowest BCUT2D eigenvalue weighted by molar-refractivity contribution is -0.137. The number of likely N-dealkylation sites (tertiary alicyclic amines) is 1. The van der Waals surface area contributed by atoms with E-state index >= 15 is 0 Å². The summed E-state index contributed by atoms with van der Waals surface area (Å²) in [5.74, 6) is 1.48. The summed E-state index contributed by atoms with van der Waals surface area (Å²) in [5.41, 5.74) is 1.22. The van der Waals surface area contributed by atoms with Gasteiger partial charge in [-0.05, 0) is 62.4 Å². The third-order valence-corrected chi connectivity index (χ3v) is 7.01. The van der Waals surface area contributed by atoms with Crippen molar-refractivity contribution in [3.05, 3.63) is 51.7 Å². The Kier molecular flexibility index (Phi) is 7.08. The second kappa shape index (κ2) is 9.94. The molecule has 6 heteroatoms. The van der Waals surface area contributed by atoms with Crippen molar-refractivity contribution in [1.29, 1.82) is 0 Å². The molecule has 162 valence electrons. The number of aryl methyl sites for hydroxylation is 1. The fourth-order valence-electron chi connectivity index (χ4n) is 4.18. The summed E-state index contributed by atoms with van der Waals surface area (Å²) >= 11 is 1.82. The second-order valence-corrected chi connectivity index (χ2v) is 9.63. The van der Waals surface area contributed by atoms with Crippen LogP contribution in [0.2, 0.25) is 0 Å². The maximum Gasteiger partial charge on any atom is 0.226 e. The normalized spacial score (nSPS) is 21.6. The van der Waals surface area contributed by atoms with Crippen LogP contribution in [-0.2, 0) is 16.1 Å². The van der Waals surface area contributed by atoms with Crippen LogP contribution in [0.5, 0.6) is 5.75 Å². The predicted molar refractivity (Wildman–Crippen MR) is 120 cm³/mol. The molecule has 2 heterocycles. The second-order valence-electron chi connectivity index (χ2n) is 8.31. The zero-order valence-corrected chi connectivity index (χ0v) is 18.7. The van der Waals surface area contributed by atoms with E-state index in [9.17, 15) is 4.79 Å². The van der Waals surface area contributed by atoms with E-state index in [1.54, 1.807) is 7.11 Å². The fraction of sp³-hybridized carbons (Fsp3) is 0.542. The third-order valence-electron chi connectivity index (χ3n) is 5.94. The first-order valence-electron chi connectivity index (χ1n) is 11.0. The lowest BCUT2D eigenvalue weighted by Crippen LogP contribution is -2.50. The van der Waals surface area contributed by atoms with Gasteiger partial charge in [0, 0.05) is 41.9 Å². The Morgan fingerprint density at radius 2 is 1.93 bits per heavy atom. The molecule has 0 spiro atoms. The Labute approximate surface area is 183 Å². The number of nitrogens with zero attached hydrogens (tertiary/aromatic N) is 1. The molecule has 2 aromatic rings.